The van der Waals surface area contributed by atoms with Gasteiger partial charge in [-0.2, -0.15) is 0 Å². The van der Waals surface area contributed by atoms with Crippen molar-refractivity contribution in [3.8, 4) is 0 Å². The van der Waals surface area contributed by atoms with Crippen molar-refractivity contribution >= 4 is 12.1 Å². The van der Waals surface area contributed by atoms with E-state index in [0.717, 1.165) is 6.42 Å². The molecule has 5 nitrogen and oxygen atoms in total. The van der Waals surface area contributed by atoms with Crippen LogP contribution in [-0.4, -0.2) is 41.3 Å². The number of fused-ring (bicyclic) bond motifs is 3. The van der Waals surface area contributed by atoms with Crippen LogP contribution >= 0.6 is 0 Å². The second-order valence-corrected chi connectivity index (χ2v) is 5.28. The number of hydrogen-bond donors (Lipinski definition) is 0. The van der Waals surface area contributed by atoms with Crippen LogP contribution in [-0.2, 0) is 14.3 Å². The molecule has 0 aromatic heterocycles. The molecule has 3 heterocycles. The Balaban J connectivity index is 2.05. The Morgan fingerprint density at radius 2 is 2.12 bits per heavy atom. The van der Waals surface area contributed by atoms with E-state index >= 15 is 0 Å². The minimum atomic E-state index is -0.530. The van der Waals surface area contributed by atoms with E-state index < -0.39 is 17.7 Å². The van der Waals surface area contributed by atoms with Crippen molar-refractivity contribution < 1.29 is 19.1 Å². The topological polar surface area (TPSA) is 55.8 Å². The lowest BCUT2D eigenvalue weighted by Gasteiger charge is -2.43. The van der Waals surface area contributed by atoms with Gasteiger partial charge >= 0.3 is 12.1 Å². The summed E-state index contributed by atoms with van der Waals surface area (Å²) in [6.07, 6.45) is 0.960. The van der Waals surface area contributed by atoms with Gasteiger partial charge in [0.05, 0.1) is 6.54 Å². The molecule has 3 aliphatic rings. The molecule has 0 radical (unpaired) electrons. The van der Waals surface area contributed by atoms with Crippen molar-refractivity contribution in [3.05, 3.63) is 0 Å². The van der Waals surface area contributed by atoms with Crippen molar-refractivity contribution in [2.75, 3.05) is 6.54 Å². The lowest BCUT2D eigenvalue weighted by molar-refractivity contribution is -0.174. The molecule has 3 saturated heterocycles. The minimum absolute atomic E-state index is 0.148. The number of morpholine rings is 1. The van der Waals surface area contributed by atoms with E-state index in [4.69, 9.17) is 9.47 Å². The first kappa shape index (κ1) is 11.2. The summed E-state index contributed by atoms with van der Waals surface area (Å²) in [4.78, 5) is 24.8. The summed E-state index contributed by atoms with van der Waals surface area (Å²) >= 11 is 0. The van der Waals surface area contributed by atoms with Crippen LogP contribution in [0.4, 0.5) is 4.79 Å². The van der Waals surface area contributed by atoms with Gasteiger partial charge in [-0.1, -0.05) is 0 Å². The van der Waals surface area contributed by atoms with E-state index in [-0.39, 0.29) is 12.1 Å². The lowest BCUT2D eigenvalue weighted by Crippen LogP contribution is -2.59. The number of piperidine rings is 1. The fourth-order valence-corrected chi connectivity index (χ4v) is 2.04. The van der Waals surface area contributed by atoms with Crippen molar-refractivity contribution in [1.82, 2.24) is 4.90 Å². The Morgan fingerprint density at radius 1 is 1.44 bits per heavy atom. The zero-order chi connectivity index (χ0) is 11.9. The highest BCUT2D eigenvalue weighted by molar-refractivity contribution is 5.83. The average Bonchev–Trinajstić information content (AvgIpc) is 2.15. The van der Waals surface area contributed by atoms with Gasteiger partial charge in [-0.05, 0) is 33.6 Å². The third-order valence-electron chi connectivity index (χ3n) is 2.72. The third kappa shape index (κ3) is 2.13. The summed E-state index contributed by atoms with van der Waals surface area (Å²) in [5.41, 5.74) is -0.530. The van der Waals surface area contributed by atoms with Gasteiger partial charge in [-0.15, -0.1) is 0 Å². The second kappa shape index (κ2) is 3.64. The van der Waals surface area contributed by atoms with Gasteiger partial charge in [0, 0.05) is 0 Å². The maximum absolute atomic E-state index is 11.8. The van der Waals surface area contributed by atoms with Crippen LogP contribution in [0.1, 0.15) is 33.6 Å². The monoisotopic (exact) mass is 227 g/mol. The van der Waals surface area contributed by atoms with Crippen molar-refractivity contribution in [2.45, 2.75) is 51.4 Å². The number of nitrogens with zero attached hydrogens (tertiary/aromatic N) is 1. The summed E-state index contributed by atoms with van der Waals surface area (Å²) < 4.78 is 10.4. The van der Waals surface area contributed by atoms with E-state index in [2.05, 4.69) is 0 Å². The maximum Gasteiger partial charge on any atom is 0.411 e. The molecule has 90 valence electrons. The highest BCUT2D eigenvalue weighted by Gasteiger charge is 2.45. The molecule has 0 aliphatic carbocycles. The van der Waals surface area contributed by atoms with Crippen LogP contribution < -0.4 is 0 Å². The fourth-order valence-electron chi connectivity index (χ4n) is 2.04. The molecule has 2 bridgehead atoms. The third-order valence-corrected chi connectivity index (χ3v) is 2.72. The zero-order valence-electron chi connectivity index (χ0n) is 9.86. The summed E-state index contributed by atoms with van der Waals surface area (Å²) in [5, 5.41) is 0. The first-order valence-electron chi connectivity index (χ1n) is 5.57. The van der Waals surface area contributed by atoms with E-state index in [1.807, 2.05) is 20.8 Å². The quantitative estimate of drug-likeness (QED) is 0.585. The van der Waals surface area contributed by atoms with Gasteiger partial charge in [0.15, 0.2) is 0 Å². The lowest BCUT2D eigenvalue weighted by atomic mass is 9.97. The number of esters is 1. The Morgan fingerprint density at radius 3 is 2.62 bits per heavy atom. The van der Waals surface area contributed by atoms with Gasteiger partial charge in [-0.3, -0.25) is 4.90 Å². The highest BCUT2D eigenvalue weighted by atomic mass is 16.6. The number of rotatable bonds is 0. The van der Waals surface area contributed by atoms with Crippen molar-refractivity contribution in [3.63, 3.8) is 0 Å². The Labute approximate surface area is 94.7 Å². The molecular weight excluding hydrogens is 210 g/mol. The molecule has 2 atom stereocenters. The Bertz CT molecular complexity index is 320. The molecule has 0 saturated carbocycles. The SMILES string of the molecule is CC(C)(C)OC(=O)N1C[C@H]2CC[C@H]1C(=O)O2. The number of hydrogen-bond acceptors (Lipinski definition) is 4. The summed E-state index contributed by atoms with van der Waals surface area (Å²) in [5.74, 6) is -0.298. The summed E-state index contributed by atoms with van der Waals surface area (Å²) in [7, 11) is 0. The number of carbonyl (C=O) groups is 2. The van der Waals surface area contributed by atoms with Crippen LogP contribution in [0, 0.1) is 0 Å². The molecule has 0 N–H and O–H groups in total. The molecule has 3 aliphatic heterocycles. The van der Waals surface area contributed by atoms with Gasteiger partial charge in [-0.25, -0.2) is 9.59 Å². The molecule has 0 unspecified atom stereocenters. The van der Waals surface area contributed by atoms with Crippen molar-refractivity contribution in [1.29, 1.82) is 0 Å². The minimum Gasteiger partial charge on any atom is -0.459 e. The number of carbonyl (C=O) groups excluding carboxylic acids is 2. The highest BCUT2D eigenvalue weighted by Crippen LogP contribution is 2.28. The van der Waals surface area contributed by atoms with Gasteiger partial charge in [0.25, 0.3) is 0 Å². The first-order valence-corrected chi connectivity index (χ1v) is 5.57. The largest absolute Gasteiger partial charge is 0.459 e. The van der Waals surface area contributed by atoms with Crippen LogP contribution in [0.5, 0.6) is 0 Å². The van der Waals surface area contributed by atoms with Crippen LogP contribution in [0.3, 0.4) is 0 Å². The molecule has 3 rings (SSSR count). The van der Waals surface area contributed by atoms with Crippen molar-refractivity contribution in [2.24, 2.45) is 0 Å². The molecule has 0 spiro atoms. The summed E-state index contributed by atoms with van der Waals surface area (Å²) in [6.45, 7) is 5.90. The molecule has 1 amide bonds. The van der Waals surface area contributed by atoms with E-state index in [9.17, 15) is 9.59 Å². The smallest absolute Gasteiger partial charge is 0.411 e. The predicted molar refractivity (Wildman–Crippen MR) is 55.8 cm³/mol. The van der Waals surface area contributed by atoms with Crippen LogP contribution in [0.15, 0.2) is 0 Å². The second-order valence-electron chi connectivity index (χ2n) is 5.28. The average molecular weight is 227 g/mol. The van der Waals surface area contributed by atoms with Gasteiger partial charge < -0.3 is 9.47 Å². The standard InChI is InChI=1S/C11H17NO4/c1-11(2,3)16-10(14)12-6-7-4-5-8(12)9(13)15-7/h7-8H,4-6H2,1-3H3/t7-,8+/m1/s1. The predicted octanol–water partition coefficient (Wildman–Crippen LogP) is 1.31. The number of amides is 1. The van der Waals surface area contributed by atoms with E-state index in [0.29, 0.717) is 13.0 Å². The van der Waals surface area contributed by atoms with Crippen LogP contribution in [0.2, 0.25) is 0 Å². The summed E-state index contributed by atoms with van der Waals surface area (Å²) in [6, 6.07) is -0.445. The first-order chi connectivity index (χ1) is 7.37. The zero-order valence-corrected chi connectivity index (χ0v) is 9.86. The molecule has 16 heavy (non-hydrogen) atoms. The Kier molecular flexibility index (Phi) is 2.56. The fraction of sp³-hybridized carbons (Fsp3) is 0.818. The molecular formula is C11H17NO4. The van der Waals surface area contributed by atoms with Crippen LogP contribution in [0.25, 0.3) is 0 Å². The molecule has 5 heteroatoms. The van der Waals surface area contributed by atoms with Gasteiger partial charge in [0.2, 0.25) is 0 Å². The normalized spacial score (nSPS) is 28.9. The maximum atomic E-state index is 11.8. The number of ether oxygens (including phenoxy) is 2. The Hall–Kier alpha value is -1.26. The van der Waals surface area contributed by atoms with E-state index in [1.165, 1.54) is 4.90 Å². The molecule has 3 fully saturated rings. The van der Waals surface area contributed by atoms with E-state index in [1.54, 1.807) is 0 Å². The van der Waals surface area contributed by atoms with Gasteiger partial charge in [0.1, 0.15) is 17.7 Å². The molecule has 0 aromatic rings. The molecule has 0 aromatic carbocycles.